The molecule has 4 nitrogen and oxygen atoms in total. The summed E-state index contributed by atoms with van der Waals surface area (Å²) < 4.78 is 13.2. The van der Waals surface area contributed by atoms with Crippen LogP contribution in [0.1, 0.15) is 37.0 Å². The van der Waals surface area contributed by atoms with E-state index in [0.717, 1.165) is 23.1 Å². The van der Waals surface area contributed by atoms with Crippen molar-refractivity contribution in [2.45, 2.75) is 46.2 Å². The zero-order valence-electron chi connectivity index (χ0n) is 16.2. The molecule has 144 valence electrons. The van der Waals surface area contributed by atoms with Gasteiger partial charge in [-0.25, -0.2) is 4.39 Å². The molecule has 27 heavy (non-hydrogen) atoms. The van der Waals surface area contributed by atoms with Crippen LogP contribution in [0.2, 0.25) is 0 Å². The van der Waals surface area contributed by atoms with E-state index in [2.05, 4.69) is 5.32 Å². The largest absolute Gasteiger partial charge is 0.354 e. The number of nitrogens with zero attached hydrogens (tertiary/aromatic N) is 1. The monoisotopic (exact) mass is 370 g/mol. The van der Waals surface area contributed by atoms with E-state index in [-0.39, 0.29) is 30.6 Å². The van der Waals surface area contributed by atoms with E-state index in [0.29, 0.717) is 6.54 Å². The Hall–Kier alpha value is -2.69. The first-order valence-electron chi connectivity index (χ1n) is 9.28. The Morgan fingerprint density at radius 3 is 2.22 bits per heavy atom. The molecule has 2 aromatic carbocycles. The van der Waals surface area contributed by atoms with Gasteiger partial charge in [0.2, 0.25) is 11.8 Å². The zero-order valence-corrected chi connectivity index (χ0v) is 16.2. The molecule has 5 heteroatoms. The number of halogens is 1. The van der Waals surface area contributed by atoms with E-state index in [1.54, 1.807) is 24.0 Å². The van der Waals surface area contributed by atoms with Crippen molar-refractivity contribution < 1.29 is 14.0 Å². The molecule has 0 saturated heterocycles. The number of hydrogen-bond acceptors (Lipinski definition) is 2. The van der Waals surface area contributed by atoms with Crippen molar-refractivity contribution in [3.63, 3.8) is 0 Å². The summed E-state index contributed by atoms with van der Waals surface area (Å²) in [5.41, 5.74) is 2.81. The first-order chi connectivity index (χ1) is 12.9. The van der Waals surface area contributed by atoms with Gasteiger partial charge in [-0.15, -0.1) is 0 Å². The van der Waals surface area contributed by atoms with Gasteiger partial charge in [-0.05, 0) is 43.5 Å². The van der Waals surface area contributed by atoms with Crippen molar-refractivity contribution in [3.8, 4) is 0 Å². The molecule has 2 aromatic rings. The lowest BCUT2D eigenvalue weighted by atomic mass is 10.1. The fraction of sp³-hybridized carbons (Fsp3) is 0.364. The van der Waals surface area contributed by atoms with E-state index in [1.165, 1.54) is 12.1 Å². The van der Waals surface area contributed by atoms with Crippen LogP contribution in [-0.4, -0.2) is 29.3 Å². The van der Waals surface area contributed by atoms with E-state index in [4.69, 9.17) is 0 Å². The summed E-state index contributed by atoms with van der Waals surface area (Å²) >= 11 is 0. The molecule has 0 aliphatic heterocycles. The predicted octanol–water partition coefficient (Wildman–Crippen LogP) is 3.62. The highest BCUT2D eigenvalue weighted by Gasteiger charge is 2.26. The third kappa shape index (κ3) is 6.20. The van der Waals surface area contributed by atoms with Gasteiger partial charge in [0.05, 0.1) is 6.42 Å². The Morgan fingerprint density at radius 2 is 1.63 bits per heavy atom. The maximum Gasteiger partial charge on any atom is 0.242 e. The smallest absolute Gasteiger partial charge is 0.242 e. The third-order valence-electron chi connectivity index (χ3n) is 4.46. The summed E-state index contributed by atoms with van der Waals surface area (Å²) in [7, 11) is 0. The average Bonchev–Trinajstić information content (AvgIpc) is 2.66. The van der Waals surface area contributed by atoms with Crippen molar-refractivity contribution in [2.75, 3.05) is 6.54 Å². The minimum absolute atomic E-state index is 0.137. The normalized spacial score (nSPS) is 11.7. The van der Waals surface area contributed by atoms with Crippen LogP contribution in [0.3, 0.4) is 0 Å². The number of nitrogens with one attached hydrogen (secondary N) is 1. The summed E-state index contributed by atoms with van der Waals surface area (Å²) in [6.45, 7) is 6.52. The van der Waals surface area contributed by atoms with Crippen LogP contribution in [0.15, 0.2) is 48.5 Å². The molecule has 0 fully saturated rings. The third-order valence-corrected chi connectivity index (χ3v) is 4.46. The van der Waals surface area contributed by atoms with E-state index in [1.807, 2.05) is 38.1 Å². The van der Waals surface area contributed by atoms with Crippen LogP contribution in [0.4, 0.5) is 4.39 Å². The SMILES string of the molecule is CCCNC(=O)C(C)N(Cc1ccc(F)cc1)C(=O)Cc1ccc(C)cc1. The van der Waals surface area contributed by atoms with Gasteiger partial charge >= 0.3 is 0 Å². The summed E-state index contributed by atoms with van der Waals surface area (Å²) in [6, 6.07) is 13.2. The summed E-state index contributed by atoms with van der Waals surface area (Å²) in [6.07, 6.45) is 1.04. The molecule has 1 unspecified atom stereocenters. The minimum Gasteiger partial charge on any atom is -0.354 e. The number of amides is 2. The highest BCUT2D eigenvalue weighted by Crippen LogP contribution is 2.13. The number of rotatable bonds is 8. The van der Waals surface area contributed by atoms with Gasteiger partial charge in [0.1, 0.15) is 11.9 Å². The highest BCUT2D eigenvalue weighted by molar-refractivity contribution is 5.88. The molecular formula is C22H27FN2O2. The first-order valence-corrected chi connectivity index (χ1v) is 9.28. The Balaban J connectivity index is 2.18. The number of hydrogen-bond donors (Lipinski definition) is 1. The molecule has 1 atom stereocenters. The quantitative estimate of drug-likeness (QED) is 0.772. The molecule has 0 aromatic heterocycles. The minimum atomic E-state index is -0.612. The van der Waals surface area contributed by atoms with Crippen LogP contribution in [0, 0.1) is 12.7 Å². The molecule has 1 N–H and O–H groups in total. The van der Waals surface area contributed by atoms with Gasteiger partial charge in [-0.2, -0.15) is 0 Å². The fourth-order valence-corrected chi connectivity index (χ4v) is 2.75. The van der Waals surface area contributed by atoms with Crippen LogP contribution in [0.25, 0.3) is 0 Å². The summed E-state index contributed by atoms with van der Waals surface area (Å²) in [5, 5.41) is 2.84. The van der Waals surface area contributed by atoms with Crippen molar-refractivity contribution in [1.82, 2.24) is 10.2 Å². The second kappa shape index (κ2) is 9.86. The van der Waals surface area contributed by atoms with Crippen LogP contribution < -0.4 is 5.32 Å². The Bertz CT molecular complexity index is 757. The standard InChI is InChI=1S/C22H27FN2O2/c1-4-13-24-22(27)17(3)25(15-19-9-11-20(23)12-10-19)21(26)14-18-7-5-16(2)6-8-18/h5-12,17H,4,13-15H2,1-3H3,(H,24,27). The van der Waals surface area contributed by atoms with Crippen LogP contribution in [0.5, 0.6) is 0 Å². The Labute approximate surface area is 160 Å². The topological polar surface area (TPSA) is 49.4 Å². The maximum atomic E-state index is 13.2. The van der Waals surface area contributed by atoms with Crippen molar-refractivity contribution in [2.24, 2.45) is 0 Å². The molecule has 0 aliphatic carbocycles. The van der Waals surface area contributed by atoms with E-state index >= 15 is 0 Å². The van der Waals surface area contributed by atoms with Gasteiger partial charge in [0.25, 0.3) is 0 Å². The van der Waals surface area contributed by atoms with Crippen LogP contribution in [-0.2, 0) is 22.6 Å². The van der Waals surface area contributed by atoms with E-state index < -0.39 is 6.04 Å². The first kappa shape index (κ1) is 20.6. The summed E-state index contributed by atoms with van der Waals surface area (Å²) in [5.74, 6) is -0.649. The van der Waals surface area contributed by atoms with Gasteiger partial charge in [-0.3, -0.25) is 9.59 Å². The van der Waals surface area contributed by atoms with Crippen molar-refractivity contribution >= 4 is 11.8 Å². The molecular weight excluding hydrogens is 343 g/mol. The molecule has 0 bridgehead atoms. The molecule has 2 amide bonds. The molecule has 0 saturated carbocycles. The van der Waals surface area contributed by atoms with Gasteiger partial charge in [-0.1, -0.05) is 48.9 Å². The highest BCUT2D eigenvalue weighted by atomic mass is 19.1. The molecule has 0 spiro atoms. The number of carbonyl (C=O) groups excluding carboxylic acids is 2. The fourth-order valence-electron chi connectivity index (χ4n) is 2.75. The summed E-state index contributed by atoms with van der Waals surface area (Å²) in [4.78, 5) is 26.9. The van der Waals surface area contributed by atoms with E-state index in [9.17, 15) is 14.0 Å². The molecule has 2 rings (SSSR count). The average molecular weight is 370 g/mol. The Kier molecular flexibility index (Phi) is 7.53. The molecule has 0 heterocycles. The Morgan fingerprint density at radius 1 is 1.04 bits per heavy atom. The van der Waals surface area contributed by atoms with Crippen molar-refractivity contribution in [3.05, 3.63) is 71.0 Å². The molecule has 0 aliphatic rings. The predicted molar refractivity (Wildman–Crippen MR) is 105 cm³/mol. The number of aryl methyl sites for hydroxylation is 1. The van der Waals surface area contributed by atoms with Crippen LogP contribution >= 0.6 is 0 Å². The lowest BCUT2D eigenvalue weighted by molar-refractivity contribution is -0.140. The van der Waals surface area contributed by atoms with Gasteiger partial charge in [0.15, 0.2) is 0 Å². The van der Waals surface area contributed by atoms with Crippen molar-refractivity contribution in [1.29, 1.82) is 0 Å². The zero-order chi connectivity index (χ0) is 19.8. The number of carbonyl (C=O) groups is 2. The van der Waals surface area contributed by atoms with Gasteiger partial charge < -0.3 is 10.2 Å². The number of benzene rings is 2. The second-order valence-electron chi connectivity index (χ2n) is 6.78. The van der Waals surface area contributed by atoms with Gasteiger partial charge in [0, 0.05) is 13.1 Å². The maximum absolute atomic E-state index is 13.2. The molecule has 0 radical (unpaired) electrons. The second-order valence-corrected chi connectivity index (χ2v) is 6.78. The lowest BCUT2D eigenvalue weighted by Crippen LogP contribution is -2.48. The lowest BCUT2D eigenvalue weighted by Gasteiger charge is -2.29.